The predicted molar refractivity (Wildman–Crippen MR) is 153 cm³/mol. The summed E-state index contributed by atoms with van der Waals surface area (Å²) >= 11 is 1.58. The Morgan fingerprint density at radius 1 is 0.842 bits per heavy atom. The Morgan fingerprint density at radius 2 is 1.47 bits per heavy atom. The van der Waals surface area contributed by atoms with Gasteiger partial charge in [-0.3, -0.25) is 10.1 Å². The minimum Gasteiger partial charge on any atom is -0.497 e. The Balaban J connectivity index is 1.56. The van der Waals surface area contributed by atoms with Crippen molar-refractivity contribution in [2.24, 2.45) is 7.05 Å². The number of rotatable bonds is 8. The van der Waals surface area contributed by atoms with Gasteiger partial charge in [-0.1, -0.05) is 12.1 Å². The van der Waals surface area contributed by atoms with Crippen molar-refractivity contribution in [3.05, 3.63) is 105 Å². The van der Waals surface area contributed by atoms with Crippen molar-refractivity contribution in [1.82, 2.24) is 9.55 Å². The van der Waals surface area contributed by atoms with Gasteiger partial charge in [-0.25, -0.2) is 4.98 Å². The molecule has 5 aromatic rings. The lowest BCUT2D eigenvalue weighted by molar-refractivity contribution is -0.385. The maximum absolute atomic E-state index is 11.3. The molecule has 0 saturated heterocycles. The van der Waals surface area contributed by atoms with Crippen molar-refractivity contribution in [1.29, 1.82) is 0 Å². The highest BCUT2D eigenvalue weighted by Gasteiger charge is 2.20. The van der Waals surface area contributed by atoms with Crippen LogP contribution in [0.2, 0.25) is 0 Å². The molecule has 0 spiro atoms. The number of nitrogens with zero attached hydrogens (tertiary/aromatic N) is 3. The number of imidazole rings is 1. The van der Waals surface area contributed by atoms with Crippen LogP contribution in [0, 0.1) is 10.1 Å². The molecule has 0 aliphatic heterocycles. The van der Waals surface area contributed by atoms with E-state index in [2.05, 4.69) is 4.57 Å². The lowest BCUT2D eigenvalue weighted by Gasteiger charge is -2.09. The number of methoxy groups -OCH3 is 2. The molecular weight excluding hydrogens is 498 g/mol. The SMILES string of the molecule is COc1ccc(-c2nc(-c3ccc(/C=C/c4ccccc4[N+](=O)[O-])s3)n(C)c2-c2ccc(OC)cc2)cc1. The van der Waals surface area contributed by atoms with Crippen molar-refractivity contribution in [3.63, 3.8) is 0 Å². The normalized spacial score (nSPS) is 11.1. The van der Waals surface area contributed by atoms with Crippen LogP contribution in [-0.4, -0.2) is 28.7 Å². The third-order valence-electron chi connectivity index (χ3n) is 6.23. The van der Waals surface area contributed by atoms with Crippen LogP contribution < -0.4 is 9.47 Å². The number of hydrogen-bond acceptors (Lipinski definition) is 6. The molecule has 0 aliphatic carbocycles. The van der Waals surface area contributed by atoms with Crippen molar-refractivity contribution < 1.29 is 14.4 Å². The summed E-state index contributed by atoms with van der Waals surface area (Å²) in [6.07, 6.45) is 3.67. The van der Waals surface area contributed by atoms with Gasteiger partial charge in [-0.15, -0.1) is 11.3 Å². The maximum atomic E-state index is 11.3. The number of aromatic nitrogens is 2. The first kappa shape index (κ1) is 25.0. The average Bonchev–Trinajstić information content (AvgIpc) is 3.56. The van der Waals surface area contributed by atoms with E-state index in [0.29, 0.717) is 5.56 Å². The molecule has 0 saturated carbocycles. The molecule has 0 unspecified atom stereocenters. The summed E-state index contributed by atoms with van der Waals surface area (Å²) in [5.41, 5.74) is 4.49. The minimum absolute atomic E-state index is 0.0814. The molecule has 3 aromatic carbocycles. The molecule has 2 aromatic heterocycles. The number of thiophene rings is 1. The highest BCUT2D eigenvalue weighted by atomic mass is 32.1. The Morgan fingerprint density at radius 3 is 2.11 bits per heavy atom. The van der Waals surface area contributed by atoms with Crippen molar-refractivity contribution in [2.45, 2.75) is 0 Å². The largest absolute Gasteiger partial charge is 0.497 e. The van der Waals surface area contributed by atoms with Crippen LogP contribution in [0.3, 0.4) is 0 Å². The van der Waals surface area contributed by atoms with Gasteiger partial charge in [-0.2, -0.15) is 0 Å². The zero-order chi connectivity index (χ0) is 26.6. The fourth-order valence-corrected chi connectivity index (χ4v) is 5.21. The van der Waals surface area contributed by atoms with Gasteiger partial charge in [0.15, 0.2) is 5.82 Å². The molecule has 0 radical (unpaired) electrons. The Labute approximate surface area is 224 Å². The fraction of sp³-hybridized carbons (Fsp3) is 0.100. The molecular formula is C30H25N3O4S. The number of ether oxygens (including phenoxy) is 2. The van der Waals surface area contributed by atoms with Crippen LogP contribution in [0.25, 0.3) is 45.4 Å². The van der Waals surface area contributed by atoms with E-state index in [4.69, 9.17) is 14.5 Å². The second kappa shape index (κ2) is 10.7. The molecule has 0 aliphatic rings. The number of hydrogen-bond donors (Lipinski definition) is 0. The zero-order valence-corrected chi connectivity index (χ0v) is 21.9. The van der Waals surface area contributed by atoms with Crippen molar-refractivity contribution in [2.75, 3.05) is 14.2 Å². The second-order valence-corrected chi connectivity index (χ2v) is 9.62. The smallest absolute Gasteiger partial charge is 0.276 e. The Hall–Kier alpha value is -4.69. The summed E-state index contributed by atoms with van der Waals surface area (Å²) in [6.45, 7) is 0. The third-order valence-corrected chi connectivity index (χ3v) is 7.28. The first-order valence-electron chi connectivity index (χ1n) is 11.9. The highest BCUT2D eigenvalue weighted by Crippen LogP contribution is 2.38. The molecule has 8 heteroatoms. The van der Waals surface area contributed by atoms with Crippen molar-refractivity contribution in [3.8, 4) is 44.7 Å². The molecule has 0 atom stereocenters. The number of nitro benzene ring substituents is 1. The molecule has 0 fully saturated rings. The van der Waals surface area contributed by atoms with Gasteiger partial charge in [-0.05, 0) is 78.9 Å². The van der Waals surface area contributed by atoms with Gasteiger partial charge in [0.25, 0.3) is 5.69 Å². The zero-order valence-electron chi connectivity index (χ0n) is 21.1. The van der Waals surface area contributed by atoms with E-state index in [0.717, 1.165) is 49.6 Å². The van der Waals surface area contributed by atoms with Crippen LogP contribution >= 0.6 is 11.3 Å². The maximum Gasteiger partial charge on any atom is 0.276 e. The van der Waals surface area contributed by atoms with Crippen LogP contribution in [-0.2, 0) is 7.05 Å². The Kier molecular flexibility index (Phi) is 7.06. The van der Waals surface area contributed by atoms with Gasteiger partial charge in [0.05, 0.1) is 41.0 Å². The summed E-state index contributed by atoms with van der Waals surface area (Å²) in [7, 11) is 5.31. The minimum atomic E-state index is -0.366. The lowest BCUT2D eigenvalue weighted by Crippen LogP contribution is -1.95. The van der Waals surface area contributed by atoms with Crippen molar-refractivity contribution >= 4 is 29.2 Å². The van der Waals surface area contributed by atoms with E-state index in [-0.39, 0.29) is 10.6 Å². The first-order chi connectivity index (χ1) is 18.5. The third kappa shape index (κ3) is 4.94. The van der Waals surface area contributed by atoms with Crippen LogP contribution in [0.15, 0.2) is 84.9 Å². The van der Waals surface area contributed by atoms with Gasteiger partial charge >= 0.3 is 0 Å². The molecule has 38 heavy (non-hydrogen) atoms. The van der Waals surface area contributed by atoms with Crippen LogP contribution in [0.4, 0.5) is 5.69 Å². The number of para-hydroxylation sites is 1. The topological polar surface area (TPSA) is 79.4 Å². The monoisotopic (exact) mass is 523 g/mol. The average molecular weight is 524 g/mol. The summed E-state index contributed by atoms with van der Waals surface area (Å²) in [6, 6.07) is 26.6. The molecule has 0 N–H and O–H groups in total. The molecule has 2 heterocycles. The quantitative estimate of drug-likeness (QED) is 0.155. The van der Waals surface area contributed by atoms with Gasteiger partial charge < -0.3 is 14.0 Å². The predicted octanol–water partition coefficient (Wildman–Crippen LogP) is 7.58. The fourth-order valence-electron chi connectivity index (χ4n) is 4.28. The van der Waals surface area contributed by atoms with E-state index in [1.807, 2.05) is 73.8 Å². The Bertz CT molecular complexity index is 1620. The number of nitro groups is 1. The molecule has 5 rings (SSSR count). The van der Waals surface area contributed by atoms with Crippen LogP contribution in [0.5, 0.6) is 11.5 Å². The standard InChI is InChI=1S/C30H25N3O4S/c1-32-29(22-10-15-24(37-3)16-11-22)28(21-8-13-23(36-2)14-9-21)31-30(32)27-19-18-25(38-27)17-12-20-6-4-5-7-26(20)33(34)35/h4-19H,1-3H3/b17-12+. The van der Waals surface area contributed by atoms with E-state index >= 15 is 0 Å². The summed E-state index contributed by atoms with van der Waals surface area (Å²) in [5.74, 6) is 2.40. The highest BCUT2D eigenvalue weighted by molar-refractivity contribution is 7.16. The molecule has 7 nitrogen and oxygen atoms in total. The number of benzene rings is 3. The lowest BCUT2D eigenvalue weighted by atomic mass is 10.0. The summed E-state index contributed by atoms with van der Waals surface area (Å²) in [4.78, 5) is 18.0. The molecule has 190 valence electrons. The van der Waals surface area contributed by atoms with E-state index < -0.39 is 0 Å². The van der Waals surface area contributed by atoms with E-state index in [1.54, 1.807) is 49.8 Å². The molecule has 0 bridgehead atoms. The van der Waals surface area contributed by atoms with Gasteiger partial charge in [0.2, 0.25) is 0 Å². The second-order valence-electron chi connectivity index (χ2n) is 8.50. The van der Waals surface area contributed by atoms with Crippen LogP contribution in [0.1, 0.15) is 10.4 Å². The first-order valence-corrected chi connectivity index (χ1v) is 12.7. The molecule has 0 amide bonds. The van der Waals surface area contributed by atoms with Gasteiger partial charge in [0, 0.05) is 29.1 Å². The van der Waals surface area contributed by atoms with E-state index in [9.17, 15) is 10.1 Å². The van der Waals surface area contributed by atoms with E-state index in [1.165, 1.54) is 6.07 Å². The van der Waals surface area contributed by atoms with Gasteiger partial charge in [0.1, 0.15) is 11.5 Å². The summed E-state index contributed by atoms with van der Waals surface area (Å²) < 4.78 is 12.8. The summed E-state index contributed by atoms with van der Waals surface area (Å²) in [5, 5.41) is 11.3.